The largest absolute Gasteiger partial charge is 0.360 e. The lowest BCUT2D eigenvalue weighted by atomic mass is 10.4. The molecule has 0 atom stereocenters. The van der Waals surface area contributed by atoms with Gasteiger partial charge in [0.1, 0.15) is 10.7 Å². The van der Waals surface area contributed by atoms with E-state index in [0.717, 1.165) is 0 Å². The Bertz CT molecular complexity index is 682. The first-order valence-corrected chi connectivity index (χ1v) is 7.86. The van der Waals surface area contributed by atoms with E-state index < -0.39 is 10.0 Å². The zero-order chi connectivity index (χ0) is 13.3. The molecule has 0 fully saturated rings. The Morgan fingerprint density at radius 3 is 2.61 bits per heavy atom. The van der Waals surface area contributed by atoms with E-state index in [-0.39, 0.29) is 10.7 Å². The summed E-state index contributed by atoms with van der Waals surface area (Å²) in [7, 11) is -3.70. The second-order valence-electron chi connectivity index (χ2n) is 3.50. The van der Waals surface area contributed by atoms with Crippen LogP contribution in [0.15, 0.2) is 42.6 Å². The maximum atomic E-state index is 12.1. The predicted octanol–water partition coefficient (Wildman–Crippen LogP) is 3.31. The van der Waals surface area contributed by atoms with Crippen molar-refractivity contribution in [1.82, 2.24) is 5.16 Å². The standard InChI is InChI=1S/C10H8Br2N2O3S/c1-6-4-10(13-17-6)14-18(15,16)9-5-7(11)2-3-8(9)12/h2-5H,1H3,(H,13,14). The molecule has 0 saturated heterocycles. The van der Waals surface area contributed by atoms with Crippen LogP contribution < -0.4 is 4.72 Å². The third-order valence-corrected chi connectivity index (χ3v) is 4.89. The quantitative estimate of drug-likeness (QED) is 0.865. The normalized spacial score (nSPS) is 11.5. The summed E-state index contributed by atoms with van der Waals surface area (Å²) in [5.74, 6) is 0.681. The summed E-state index contributed by atoms with van der Waals surface area (Å²) in [4.78, 5) is 0.123. The van der Waals surface area contributed by atoms with E-state index in [1.165, 1.54) is 12.1 Å². The molecule has 0 aliphatic rings. The van der Waals surface area contributed by atoms with E-state index in [1.54, 1.807) is 19.1 Å². The lowest BCUT2D eigenvalue weighted by Gasteiger charge is -2.07. The van der Waals surface area contributed by atoms with Gasteiger partial charge in [0.25, 0.3) is 10.0 Å². The van der Waals surface area contributed by atoms with E-state index in [0.29, 0.717) is 14.7 Å². The van der Waals surface area contributed by atoms with Gasteiger partial charge >= 0.3 is 0 Å². The van der Waals surface area contributed by atoms with Crippen LogP contribution in [-0.2, 0) is 10.0 Å². The molecular formula is C10H8Br2N2O3S. The van der Waals surface area contributed by atoms with Crippen LogP contribution in [0.25, 0.3) is 0 Å². The Kier molecular flexibility index (Phi) is 3.79. The molecule has 0 aliphatic carbocycles. The highest BCUT2D eigenvalue weighted by atomic mass is 79.9. The van der Waals surface area contributed by atoms with E-state index in [4.69, 9.17) is 4.52 Å². The van der Waals surface area contributed by atoms with Gasteiger partial charge in [-0.15, -0.1) is 0 Å². The van der Waals surface area contributed by atoms with Crippen LogP contribution in [0.4, 0.5) is 5.82 Å². The van der Waals surface area contributed by atoms with Crippen molar-refractivity contribution in [2.75, 3.05) is 4.72 Å². The van der Waals surface area contributed by atoms with Gasteiger partial charge in [0.15, 0.2) is 5.82 Å². The molecule has 1 aromatic heterocycles. The summed E-state index contributed by atoms with van der Waals surface area (Å²) >= 11 is 6.43. The fourth-order valence-electron chi connectivity index (χ4n) is 1.29. The van der Waals surface area contributed by atoms with Gasteiger partial charge in [-0.05, 0) is 41.1 Å². The summed E-state index contributed by atoms with van der Waals surface area (Å²) in [5, 5.41) is 3.59. The van der Waals surface area contributed by atoms with E-state index >= 15 is 0 Å². The van der Waals surface area contributed by atoms with Crippen molar-refractivity contribution in [3.8, 4) is 0 Å². The minimum Gasteiger partial charge on any atom is -0.360 e. The highest BCUT2D eigenvalue weighted by molar-refractivity contribution is 9.11. The molecule has 2 rings (SSSR count). The van der Waals surface area contributed by atoms with Gasteiger partial charge in [-0.2, -0.15) is 0 Å². The van der Waals surface area contributed by atoms with Crippen LogP contribution in [0, 0.1) is 6.92 Å². The molecule has 0 spiro atoms. The smallest absolute Gasteiger partial charge is 0.264 e. The summed E-state index contributed by atoms with van der Waals surface area (Å²) in [6.45, 7) is 1.68. The number of anilines is 1. The monoisotopic (exact) mass is 394 g/mol. The van der Waals surface area contributed by atoms with Gasteiger partial charge in [0.05, 0.1) is 0 Å². The topological polar surface area (TPSA) is 72.2 Å². The minimum atomic E-state index is -3.70. The molecule has 1 heterocycles. The number of aryl methyl sites for hydroxylation is 1. The van der Waals surface area contributed by atoms with Gasteiger partial charge in [0.2, 0.25) is 0 Å². The van der Waals surface area contributed by atoms with Crippen molar-refractivity contribution < 1.29 is 12.9 Å². The van der Waals surface area contributed by atoms with Crippen molar-refractivity contribution in [3.05, 3.63) is 39.0 Å². The summed E-state index contributed by atoms with van der Waals surface area (Å²) in [6, 6.07) is 6.39. The Balaban J connectivity index is 2.39. The van der Waals surface area contributed by atoms with Crippen LogP contribution in [-0.4, -0.2) is 13.6 Å². The Labute approximate surface area is 121 Å². The molecule has 8 heteroatoms. The molecule has 0 aliphatic heterocycles. The number of aromatic nitrogens is 1. The molecule has 0 amide bonds. The molecule has 1 aromatic carbocycles. The number of hydrogen-bond acceptors (Lipinski definition) is 4. The van der Waals surface area contributed by atoms with E-state index in [2.05, 4.69) is 41.7 Å². The molecule has 2 aromatic rings. The molecule has 0 unspecified atom stereocenters. The number of nitrogens with zero attached hydrogens (tertiary/aromatic N) is 1. The zero-order valence-corrected chi connectivity index (χ0v) is 13.1. The Morgan fingerprint density at radius 1 is 1.28 bits per heavy atom. The first-order chi connectivity index (χ1) is 8.38. The lowest BCUT2D eigenvalue weighted by Crippen LogP contribution is -2.13. The van der Waals surface area contributed by atoms with Crippen molar-refractivity contribution in [2.24, 2.45) is 0 Å². The third kappa shape index (κ3) is 2.93. The first-order valence-electron chi connectivity index (χ1n) is 4.80. The summed E-state index contributed by atoms with van der Waals surface area (Å²) < 4.78 is 32.6. The molecule has 5 nitrogen and oxygen atoms in total. The van der Waals surface area contributed by atoms with Crippen LogP contribution in [0.1, 0.15) is 5.76 Å². The maximum Gasteiger partial charge on any atom is 0.264 e. The van der Waals surface area contributed by atoms with Gasteiger partial charge in [-0.1, -0.05) is 21.1 Å². The highest BCUT2D eigenvalue weighted by Crippen LogP contribution is 2.27. The number of hydrogen-bond donors (Lipinski definition) is 1. The average molecular weight is 396 g/mol. The van der Waals surface area contributed by atoms with Crippen LogP contribution >= 0.6 is 31.9 Å². The number of sulfonamides is 1. The minimum absolute atomic E-state index is 0.123. The Hall–Kier alpha value is -0.860. The summed E-state index contributed by atoms with van der Waals surface area (Å²) in [5.41, 5.74) is 0. The fraction of sp³-hybridized carbons (Fsp3) is 0.100. The maximum absolute atomic E-state index is 12.1. The average Bonchev–Trinajstić information content (AvgIpc) is 2.66. The summed E-state index contributed by atoms with van der Waals surface area (Å²) in [6.07, 6.45) is 0. The number of rotatable bonds is 3. The number of benzene rings is 1. The van der Waals surface area contributed by atoms with Crippen molar-refractivity contribution in [3.63, 3.8) is 0 Å². The molecule has 0 saturated carbocycles. The Morgan fingerprint density at radius 2 is 2.00 bits per heavy atom. The molecule has 0 radical (unpaired) electrons. The molecule has 1 N–H and O–H groups in total. The van der Waals surface area contributed by atoms with Gasteiger partial charge < -0.3 is 4.52 Å². The SMILES string of the molecule is Cc1cc(NS(=O)(=O)c2cc(Br)ccc2Br)no1. The fourth-order valence-corrected chi connectivity index (χ4v) is 3.78. The number of halogens is 2. The molecular weight excluding hydrogens is 388 g/mol. The lowest BCUT2D eigenvalue weighted by molar-refractivity contribution is 0.400. The van der Waals surface area contributed by atoms with Crippen molar-refractivity contribution in [2.45, 2.75) is 11.8 Å². The number of nitrogens with one attached hydrogen (secondary N) is 1. The second-order valence-corrected chi connectivity index (χ2v) is 6.92. The van der Waals surface area contributed by atoms with Gasteiger partial charge in [-0.25, -0.2) is 8.42 Å². The first kappa shape index (κ1) is 13.6. The van der Waals surface area contributed by atoms with Gasteiger partial charge in [0, 0.05) is 15.0 Å². The highest BCUT2D eigenvalue weighted by Gasteiger charge is 2.19. The second kappa shape index (κ2) is 5.02. The zero-order valence-electron chi connectivity index (χ0n) is 9.15. The molecule has 18 heavy (non-hydrogen) atoms. The van der Waals surface area contributed by atoms with Gasteiger partial charge in [-0.3, -0.25) is 4.72 Å². The predicted molar refractivity (Wildman–Crippen MR) is 73.9 cm³/mol. The van der Waals surface area contributed by atoms with Crippen molar-refractivity contribution in [1.29, 1.82) is 0 Å². The van der Waals surface area contributed by atoms with Crippen LogP contribution in [0.5, 0.6) is 0 Å². The molecule has 96 valence electrons. The third-order valence-electron chi connectivity index (χ3n) is 2.05. The van der Waals surface area contributed by atoms with Crippen molar-refractivity contribution >= 4 is 47.7 Å². The van der Waals surface area contributed by atoms with Crippen LogP contribution in [0.2, 0.25) is 0 Å². The van der Waals surface area contributed by atoms with Crippen LogP contribution in [0.3, 0.4) is 0 Å². The van der Waals surface area contributed by atoms with E-state index in [1.807, 2.05) is 0 Å². The molecule has 0 bridgehead atoms. The van der Waals surface area contributed by atoms with E-state index in [9.17, 15) is 8.42 Å².